The van der Waals surface area contributed by atoms with E-state index in [1.165, 1.54) is 0 Å². The molecule has 33 heavy (non-hydrogen) atoms. The van der Waals surface area contributed by atoms with Gasteiger partial charge in [-0.3, -0.25) is 9.10 Å². The predicted molar refractivity (Wildman–Crippen MR) is 134 cm³/mol. The number of sulfonamides is 1. The molecule has 174 valence electrons. The molecule has 0 aromatic heterocycles. The van der Waals surface area contributed by atoms with Crippen LogP contribution in [0.15, 0.2) is 65.6 Å². The van der Waals surface area contributed by atoms with Crippen molar-refractivity contribution in [3.8, 4) is 0 Å². The molecule has 0 saturated heterocycles. The summed E-state index contributed by atoms with van der Waals surface area (Å²) < 4.78 is 28.3. The fourth-order valence-electron chi connectivity index (χ4n) is 3.73. The highest BCUT2D eigenvalue weighted by molar-refractivity contribution is 7.92. The Morgan fingerprint density at radius 3 is 2.27 bits per heavy atom. The van der Waals surface area contributed by atoms with Gasteiger partial charge < -0.3 is 5.32 Å². The standard InChI is InChI=1S/C26H29ClN2O3S/c1-17-10-13-22(14-11-17)33(31,32)29(25-8-6-7-24(27)20(25)4)16-26(30)28-21(5)23-15-18(2)9-12-19(23)3/h6-15,21H,16H2,1-5H3,(H,28,30). The molecule has 0 spiro atoms. The van der Waals surface area contributed by atoms with Gasteiger partial charge in [0.25, 0.3) is 10.0 Å². The molecule has 7 heteroatoms. The Morgan fingerprint density at radius 2 is 1.61 bits per heavy atom. The molecule has 3 rings (SSSR count). The summed E-state index contributed by atoms with van der Waals surface area (Å²) in [5, 5.41) is 3.38. The largest absolute Gasteiger partial charge is 0.348 e. The van der Waals surface area contributed by atoms with Crippen molar-refractivity contribution >= 4 is 33.2 Å². The monoisotopic (exact) mass is 484 g/mol. The molecule has 0 aliphatic heterocycles. The average molecular weight is 485 g/mol. The minimum Gasteiger partial charge on any atom is -0.348 e. The summed E-state index contributed by atoms with van der Waals surface area (Å²) in [6.07, 6.45) is 0. The maximum Gasteiger partial charge on any atom is 0.264 e. The lowest BCUT2D eigenvalue weighted by molar-refractivity contribution is -0.120. The quantitative estimate of drug-likeness (QED) is 0.471. The minimum absolute atomic E-state index is 0.114. The van der Waals surface area contributed by atoms with E-state index in [4.69, 9.17) is 11.6 Å². The molecule has 0 fully saturated rings. The van der Waals surface area contributed by atoms with Crippen LogP contribution < -0.4 is 9.62 Å². The van der Waals surface area contributed by atoms with E-state index in [0.29, 0.717) is 16.3 Å². The van der Waals surface area contributed by atoms with Gasteiger partial charge in [0.1, 0.15) is 6.54 Å². The number of anilines is 1. The van der Waals surface area contributed by atoms with Crippen molar-refractivity contribution < 1.29 is 13.2 Å². The zero-order chi connectivity index (χ0) is 24.3. The smallest absolute Gasteiger partial charge is 0.264 e. The molecule has 1 unspecified atom stereocenters. The zero-order valence-corrected chi connectivity index (χ0v) is 21.1. The fraction of sp³-hybridized carbons (Fsp3) is 0.269. The number of benzene rings is 3. The maximum absolute atomic E-state index is 13.6. The van der Waals surface area contributed by atoms with Gasteiger partial charge in [-0.05, 0) is 75.6 Å². The molecule has 3 aromatic rings. The molecule has 0 saturated carbocycles. The SMILES string of the molecule is Cc1ccc(S(=O)(=O)N(CC(=O)NC(C)c2cc(C)ccc2C)c2cccc(Cl)c2C)cc1. The molecule has 0 radical (unpaired) electrons. The number of carbonyl (C=O) groups is 1. The summed E-state index contributed by atoms with van der Waals surface area (Å²) in [5.41, 5.74) is 5.05. The van der Waals surface area contributed by atoms with Gasteiger partial charge in [-0.15, -0.1) is 0 Å². The van der Waals surface area contributed by atoms with E-state index < -0.39 is 15.9 Å². The van der Waals surface area contributed by atoms with Gasteiger partial charge >= 0.3 is 0 Å². The molecule has 0 aliphatic rings. The van der Waals surface area contributed by atoms with Crippen molar-refractivity contribution in [1.82, 2.24) is 5.32 Å². The number of hydrogen-bond donors (Lipinski definition) is 1. The molecule has 1 amide bonds. The van der Waals surface area contributed by atoms with Gasteiger partial charge in [0.2, 0.25) is 5.91 Å². The Bertz CT molecular complexity index is 1270. The maximum atomic E-state index is 13.6. The van der Waals surface area contributed by atoms with E-state index in [-0.39, 0.29) is 17.5 Å². The van der Waals surface area contributed by atoms with Crippen molar-refractivity contribution in [2.45, 2.75) is 45.6 Å². The van der Waals surface area contributed by atoms with Gasteiger partial charge in [-0.2, -0.15) is 0 Å². The van der Waals surface area contributed by atoms with Crippen molar-refractivity contribution in [2.24, 2.45) is 0 Å². The van der Waals surface area contributed by atoms with Crippen molar-refractivity contribution in [2.75, 3.05) is 10.8 Å². The van der Waals surface area contributed by atoms with Crippen LogP contribution in [0, 0.1) is 27.7 Å². The highest BCUT2D eigenvalue weighted by atomic mass is 35.5. The van der Waals surface area contributed by atoms with Gasteiger partial charge in [-0.1, -0.05) is 59.1 Å². The number of nitrogens with zero attached hydrogens (tertiary/aromatic N) is 1. The van der Waals surface area contributed by atoms with E-state index in [9.17, 15) is 13.2 Å². The highest BCUT2D eigenvalue weighted by Gasteiger charge is 2.29. The normalized spacial score (nSPS) is 12.3. The number of amides is 1. The predicted octanol–water partition coefficient (Wildman–Crippen LogP) is 5.65. The molecule has 3 aromatic carbocycles. The lowest BCUT2D eigenvalue weighted by Gasteiger charge is -2.27. The minimum atomic E-state index is -4.01. The first-order valence-electron chi connectivity index (χ1n) is 10.7. The number of nitrogens with one attached hydrogen (secondary N) is 1. The van der Waals surface area contributed by atoms with E-state index in [1.54, 1.807) is 49.4 Å². The Labute approximate surface area is 201 Å². The summed E-state index contributed by atoms with van der Waals surface area (Å²) in [6.45, 7) is 9.13. The molecule has 1 N–H and O–H groups in total. The summed E-state index contributed by atoms with van der Waals surface area (Å²) in [4.78, 5) is 13.2. The lowest BCUT2D eigenvalue weighted by atomic mass is 10.00. The summed E-state index contributed by atoms with van der Waals surface area (Å²) in [6, 6.07) is 17.4. The topological polar surface area (TPSA) is 66.5 Å². The molecule has 1 atom stereocenters. The van der Waals surface area contributed by atoms with E-state index in [2.05, 4.69) is 5.32 Å². The second-order valence-corrected chi connectivity index (χ2v) is 10.6. The summed E-state index contributed by atoms with van der Waals surface area (Å²) in [5.74, 6) is -0.404. The van der Waals surface area contributed by atoms with E-state index >= 15 is 0 Å². The second kappa shape index (κ2) is 9.98. The molecule has 0 bridgehead atoms. The van der Waals surface area contributed by atoms with Crippen LogP contribution in [0.3, 0.4) is 0 Å². The van der Waals surface area contributed by atoms with Crippen molar-refractivity contribution in [3.63, 3.8) is 0 Å². The number of hydrogen-bond acceptors (Lipinski definition) is 3. The molecule has 5 nitrogen and oxygen atoms in total. The third kappa shape index (κ3) is 5.57. The molecule has 0 heterocycles. The van der Waals surface area contributed by atoms with Gasteiger partial charge in [0, 0.05) is 5.02 Å². The third-order valence-corrected chi connectivity index (χ3v) is 7.87. The van der Waals surface area contributed by atoms with Crippen LogP contribution in [0.25, 0.3) is 0 Å². The lowest BCUT2D eigenvalue weighted by Crippen LogP contribution is -2.42. The first-order chi connectivity index (χ1) is 15.5. The summed E-state index contributed by atoms with van der Waals surface area (Å²) in [7, 11) is -4.01. The van der Waals surface area contributed by atoms with E-state index in [1.807, 2.05) is 45.9 Å². The summed E-state index contributed by atoms with van der Waals surface area (Å²) >= 11 is 6.29. The van der Waals surface area contributed by atoms with Crippen LogP contribution in [0.2, 0.25) is 5.02 Å². The highest BCUT2D eigenvalue weighted by Crippen LogP contribution is 2.31. The number of aryl methyl sites for hydroxylation is 3. The fourth-order valence-corrected chi connectivity index (χ4v) is 5.37. The van der Waals surface area contributed by atoms with Crippen LogP contribution in [0.4, 0.5) is 5.69 Å². The molecule has 0 aliphatic carbocycles. The Hall–Kier alpha value is -2.83. The first-order valence-corrected chi connectivity index (χ1v) is 12.5. The van der Waals surface area contributed by atoms with E-state index in [0.717, 1.165) is 26.6 Å². The van der Waals surface area contributed by atoms with Gasteiger partial charge in [-0.25, -0.2) is 8.42 Å². The van der Waals surface area contributed by atoms with Crippen LogP contribution >= 0.6 is 11.6 Å². The Balaban J connectivity index is 1.96. The Morgan fingerprint density at radius 1 is 0.970 bits per heavy atom. The number of rotatable bonds is 7. The van der Waals surface area contributed by atoms with Crippen molar-refractivity contribution in [3.05, 3.63) is 93.5 Å². The van der Waals surface area contributed by atoms with Crippen LogP contribution in [0.1, 0.15) is 40.8 Å². The van der Waals surface area contributed by atoms with Crippen molar-refractivity contribution in [1.29, 1.82) is 0 Å². The number of halogens is 1. The van der Waals surface area contributed by atoms with Crippen LogP contribution in [-0.2, 0) is 14.8 Å². The average Bonchev–Trinajstić information content (AvgIpc) is 2.76. The zero-order valence-electron chi connectivity index (χ0n) is 19.5. The van der Waals surface area contributed by atoms with Gasteiger partial charge in [0.05, 0.1) is 16.6 Å². The first kappa shape index (κ1) is 24.8. The van der Waals surface area contributed by atoms with Crippen LogP contribution in [-0.4, -0.2) is 20.9 Å². The molecular formula is C26H29ClN2O3S. The molecular weight excluding hydrogens is 456 g/mol. The van der Waals surface area contributed by atoms with Gasteiger partial charge in [0.15, 0.2) is 0 Å². The Kier molecular flexibility index (Phi) is 7.50. The third-order valence-electron chi connectivity index (χ3n) is 5.68. The number of carbonyl (C=O) groups excluding carboxylic acids is 1. The van der Waals surface area contributed by atoms with Crippen LogP contribution in [0.5, 0.6) is 0 Å². The second-order valence-electron chi connectivity index (χ2n) is 8.36.